The number of thiophene rings is 1. The van der Waals surface area contributed by atoms with Gasteiger partial charge in [-0.2, -0.15) is 13.2 Å². The summed E-state index contributed by atoms with van der Waals surface area (Å²) in [5, 5.41) is 24.2. The number of alkyl halides is 3. The van der Waals surface area contributed by atoms with E-state index in [9.17, 15) is 18.3 Å². The average Bonchev–Trinajstić information content (AvgIpc) is 3.04. The summed E-state index contributed by atoms with van der Waals surface area (Å²) in [6, 6.07) is 3.55. The van der Waals surface area contributed by atoms with Crippen LogP contribution in [0.3, 0.4) is 0 Å². The summed E-state index contributed by atoms with van der Waals surface area (Å²) in [4.78, 5) is 0. The second-order valence-corrected chi connectivity index (χ2v) is 7.77. The van der Waals surface area contributed by atoms with Crippen LogP contribution >= 0.6 is 36.2 Å². The summed E-state index contributed by atoms with van der Waals surface area (Å²) >= 11 is 1.54. The molecule has 1 aromatic carbocycles. The van der Waals surface area contributed by atoms with Crippen LogP contribution in [0, 0.1) is 6.92 Å². The van der Waals surface area contributed by atoms with Gasteiger partial charge in [-0.15, -0.1) is 46.3 Å². The van der Waals surface area contributed by atoms with E-state index in [2.05, 4.69) is 20.9 Å². The van der Waals surface area contributed by atoms with E-state index >= 15 is 0 Å². The number of aromatic nitrogens is 2. The number of phenolic OH excluding ortho intramolecular Hbond substituents is 1. The van der Waals surface area contributed by atoms with E-state index in [1.165, 1.54) is 6.92 Å². The Morgan fingerprint density at radius 1 is 1.17 bits per heavy atom. The molecule has 1 fully saturated rings. The van der Waals surface area contributed by atoms with Crippen LogP contribution in [-0.2, 0) is 6.18 Å². The molecule has 1 atom stereocenters. The van der Waals surface area contributed by atoms with Crippen molar-refractivity contribution in [3.8, 4) is 17.0 Å². The van der Waals surface area contributed by atoms with Crippen LogP contribution < -0.4 is 5.32 Å². The number of hydrogen-bond donors (Lipinski definition) is 2. The van der Waals surface area contributed by atoms with E-state index in [1.54, 1.807) is 17.4 Å². The number of benzene rings is 1. The van der Waals surface area contributed by atoms with Crippen molar-refractivity contribution in [2.24, 2.45) is 0 Å². The van der Waals surface area contributed by atoms with Crippen LogP contribution in [0.2, 0.25) is 0 Å². The van der Waals surface area contributed by atoms with Crippen molar-refractivity contribution < 1.29 is 18.3 Å². The molecule has 4 rings (SSSR count). The number of aryl methyl sites for hydroxylation is 1. The smallest absolute Gasteiger partial charge is 0.416 e. The van der Waals surface area contributed by atoms with Gasteiger partial charge in [0.15, 0.2) is 0 Å². The molecule has 3 heterocycles. The van der Waals surface area contributed by atoms with Crippen molar-refractivity contribution in [1.82, 2.24) is 15.5 Å². The zero-order valence-electron chi connectivity index (χ0n) is 15.4. The lowest BCUT2D eigenvalue weighted by molar-refractivity contribution is -0.137. The van der Waals surface area contributed by atoms with Crippen molar-refractivity contribution in [3.05, 3.63) is 40.3 Å². The van der Waals surface area contributed by atoms with Gasteiger partial charge in [0.05, 0.1) is 16.0 Å². The van der Waals surface area contributed by atoms with Crippen molar-refractivity contribution in [2.75, 3.05) is 13.1 Å². The van der Waals surface area contributed by atoms with Gasteiger partial charge in [-0.3, -0.25) is 0 Å². The van der Waals surface area contributed by atoms with Gasteiger partial charge in [-0.1, -0.05) is 0 Å². The van der Waals surface area contributed by atoms with Gasteiger partial charge in [-0.25, -0.2) is 0 Å². The maximum atomic E-state index is 12.9. The molecule has 1 saturated heterocycles. The first-order chi connectivity index (χ1) is 12.8. The number of nitrogens with zero attached hydrogens (tertiary/aromatic N) is 2. The molecule has 0 amide bonds. The van der Waals surface area contributed by atoms with Crippen molar-refractivity contribution in [3.63, 3.8) is 0 Å². The van der Waals surface area contributed by atoms with Gasteiger partial charge < -0.3 is 10.4 Å². The van der Waals surface area contributed by atoms with Crippen LogP contribution in [-0.4, -0.2) is 28.4 Å². The summed E-state index contributed by atoms with van der Waals surface area (Å²) in [5.74, 6) is -0.0434. The molecule has 0 spiro atoms. The Morgan fingerprint density at radius 2 is 1.93 bits per heavy atom. The zero-order valence-corrected chi connectivity index (χ0v) is 17.9. The third-order valence-corrected chi connectivity index (χ3v) is 5.92. The Morgan fingerprint density at radius 3 is 2.55 bits per heavy atom. The van der Waals surface area contributed by atoms with Gasteiger partial charge >= 0.3 is 6.18 Å². The third kappa shape index (κ3) is 4.60. The number of piperidine rings is 1. The van der Waals surface area contributed by atoms with Crippen molar-refractivity contribution in [1.29, 1.82) is 0 Å². The fourth-order valence-electron chi connectivity index (χ4n) is 3.64. The first kappa shape index (κ1) is 23.7. The topological polar surface area (TPSA) is 58.0 Å². The van der Waals surface area contributed by atoms with Crippen LogP contribution in [0.1, 0.15) is 35.4 Å². The Bertz CT molecular complexity index is 981. The standard InChI is InChI=1S/C19H18F3N3OS.2ClH/c1-10-5-12(19(20,21)22)6-15(26)17(10)14-7-16-18(25-24-14)13(9-27-16)11-3-2-4-23-8-11;;/h5-7,9,11,23,26H,2-4,8H2,1H3;2*1H. The van der Waals surface area contributed by atoms with E-state index < -0.39 is 17.5 Å². The van der Waals surface area contributed by atoms with Gasteiger partial charge in [-0.05, 0) is 66.9 Å². The molecule has 158 valence electrons. The Balaban J connectivity index is 0.00000150. The highest BCUT2D eigenvalue weighted by atomic mass is 35.5. The van der Waals surface area contributed by atoms with Crippen molar-refractivity contribution >= 4 is 46.4 Å². The van der Waals surface area contributed by atoms with E-state index in [0.717, 1.165) is 53.8 Å². The predicted octanol–water partition coefficient (Wildman–Crippen LogP) is 5.70. The Hall–Kier alpha value is -1.61. The number of rotatable bonds is 2. The van der Waals surface area contributed by atoms with Gasteiger partial charge in [0.25, 0.3) is 0 Å². The molecule has 0 bridgehead atoms. The quantitative estimate of drug-likeness (QED) is 0.509. The molecule has 3 aromatic rings. The van der Waals surface area contributed by atoms with Crippen LogP contribution in [0.25, 0.3) is 21.5 Å². The highest BCUT2D eigenvalue weighted by Crippen LogP contribution is 2.40. The third-order valence-electron chi connectivity index (χ3n) is 4.98. The summed E-state index contributed by atoms with van der Waals surface area (Å²) in [7, 11) is 0. The molecule has 10 heteroatoms. The van der Waals surface area contributed by atoms with E-state index in [4.69, 9.17) is 0 Å². The molecule has 0 radical (unpaired) electrons. The first-order valence-electron chi connectivity index (χ1n) is 8.71. The van der Waals surface area contributed by atoms with Crippen LogP contribution in [0.15, 0.2) is 23.6 Å². The fraction of sp³-hybridized carbons (Fsp3) is 0.368. The monoisotopic (exact) mass is 465 g/mol. The molecule has 4 nitrogen and oxygen atoms in total. The maximum Gasteiger partial charge on any atom is 0.416 e. The molecule has 2 N–H and O–H groups in total. The number of aromatic hydroxyl groups is 1. The predicted molar refractivity (Wildman–Crippen MR) is 114 cm³/mol. The minimum Gasteiger partial charge on any atom is -0.507 e. The molecule has 1 aliphatic heterocycles. The number of phenols is 1. The molecular weight excluding hydrogens is 446 g/mol. The van der Waals surface area contributed by atoms with Crippen molar-refractivity contribution in [2.45, 2.75) is 31.9 Å². The number of halogens is 5. The van der Waals surface area contributed by atoms with E-state index in [1.807, 2.05) is 0 Å². The summed E-state index contributed by atoms with van der Waals surface area (Å²) in [6.07, 6.45) is -2.29. The molecule has 2 aromatic heterocycles. The van der Waals surface area contributed by atoms with Gasteiger partial charge in [0.2, 0.25) is 0 Å². The Kier molecular flexibility index (Phi) is 7.37. The molecule has 29 heavy (non-hydrogen) atoms. The lowest BCUT2D eigenvalue weighted by Crippen LogP contribution is -2.28. The number of nitrogens with one attached hydrogen (secondary N) is 1. The summed E-state index contributed by atoms with van der Waals surface area (Å²) in [5.41, 5.74) is 2.09. The maximum absolute atomic E-state index is 12.9. The molecule has 0 aliphatic carbocycles. The highest BCUT2D eigenvalue weighted by molar-refractivity contribution is 7.17. The zero-order chi connectivity index (χ0) is 19.2. The molecular formula is C19H20Cl2F3N3OS. The van der Waals surface area contributed by atoms with E-state index in [-0.39, 0.29) is 30.4 Å². The lowest BCUT2D eigenvalue weighted by atomic mass is 9.93. The molecule has 1 unspecified atom stereocenters. The largest absolute Gasteiger partial charge is 0.507 e. The minimum absolute atomic E-state index is 0. The van der Waals surface area contributed by atoms with Gasteiger partial charge in [0, 0.05) is 12.1 Å². The summed E-state index contributed by atoms with van der Waals surface area (Å²) in [6.45, 7) is 3.47. The average molecular weight is 466 g/mol. The van der Waals surface area contributed by atoms with Crippen LogP contribution in [0.5, 0.6) is 5.75 Å². The fourth-order valence-corrected chi connectivity index (χ4v) is 4.65. The summed E-state index contributed by atoms with van der Waals surface area (Å²) < 4.78 is 39.7. The second kappa shape index (κ2) is 9.04. The van der Waals surface area contributed by atoms with Crippen LogP contribution in [0.4, 0.5) is 13.2 Å². The lowest BCUT2D eigenvalue weighted by Gasteiger charge is -2.22. The SMILES string of the molecule is Cc1cc(C(F)(F)F)cc(O)c1-c1cc2scc(C3CCCNC3)c2nn1.Cl.Cl. The van der Waals surface area contributed by atoms with E-state index in [0.29, 0.717) is 17.2 Å². The number of hydrogen-bond acceptors (Lipinski definition) is 5. The number of fused-ring (bicyclic) bond motifs is 1. The highest BCUT2D eigenvalue weighted by Gasteiger charge is 2.32. The molecule has 0 saturated carbocycles. The minimum atomic E-state index is -4.51. The molecule has 1 aliphatic rings. The second-order valence-electron chi connectivity index (χ2n) is 6.86. The Labute approximate surface area is 182 Å². The first-order valence-corrected chi connectivity index (χ1v) is 9.59. The normalized spacial score (nSPS) is 16.9. The van der Waals surface area contributed by atoms with Gasteiger partial charge in [0.1, 0.15) is 11.3 Å².